The molecule has 0 fully saturated rings. The number of likely N-dealkylation sites (N-methyl/N-ethyl adjacent to an activating group) is 1. The lowest BCUT2D eigenvalue weighted by Gasteiger charge is -2.32. The van der Waals surface area contributed by atoms with Gasteiger partial charge < -0.3 is 10.6 Å². The first kappa shape index (κ1) is 17.5. The Hall–Kier alpha value is -1.88. The largest absolute Gasteiger partial charge is 0.355 e. The second-order valence-corrected chi connectivity index (χ2v) is 6.15. The number of nitrogens with zero attached hydrogens (tertiary/aromatic N) is 1. The van der Waals surface area contributed by atoms with Crippen LogP contribution < -0.4 is 10.6 Å². The van der Waals surface area contributed by atoms with Gasteiger partial charge in [0.05, 0.1) is 13.1 Å². The van der Waals surface area contributed by atoms with Gasteiger partial charge in [0, 0.05) is 12.6 Å². The predicted molar refractivity (Wildman–Crippen MR) is 91.1 cm³/mol. The van der Waals surface area contributed by atoms with Crippen LogP contribution in [0.3, 0.4) is 0 Å². The van der Waals surface area contributed by atoms with Gasteiger partial charge >= 0.3 is 0 Å². The summed E-state index contributed by atoms with van der Waals surface area (Å²) in [7, 11) is 1.98. The molecule has 0 aromatic heterocycles. The SMILES string of the molecule is CCCNC(=O)CNC(=O)CN(C)[C@H]1CCCc2ccccc21. The van der Waals surface area contributed by atoms with Crippen molar-refractivity contribution >= 4 is 11.8 Å². The molecule has 0 spiro atoms. The number of carbonyl (C=O) groups excluding carboxylic acids is 2. The Morgan fingerprint density at radius 2 is 2.00 bits per heavy atom. The molecule has 23 heavy (non-hydrogen) atoms. The number of fused-ring (bicyclic) bond motifs is 1. The highest BCUT2D eigenvalue weighted by molar-refractivity contribution is 5.85. The number of carbonyl (C=O) groups is 2. The Balaban J connectivity index is 1.84. The molecule has 0 radical (unpaired) electrons. The van der Waals surface area contributed by atoms with E-state index in [9.17, 15) is 9.59 Å². The molecule has 1 aromatic carbocycles. The molecule has 126 valence electrons. The molecule has 5 nitrogen and oxygen atoms in total. The molecule has 1 aromatic rings. The van der Waals surface area contributed by atoms with Gasteiger partial charge in [-0.15, -0.1) is 0 Å². The maximum atomic E-state index is 12.1. The second kappa shape index (κ2) is 8.67. The summed E-state index contributed by atoms with van der Waals surface area (Å²) >= 11 is 0. The summed E-state index contributed by atoms with van der Waals surface area (Å²) in [6, 6.07) is 8.74. The minimum absolute atomic E-state index is 0.0495. The molecule has 2 amide bonds. The van der Waals surface area contributed by atoms with E-state index in [1.165, 1.54) is 11.1 Å². The van der Waals surface area contributed by atoms with Crippen LogP contribution in [0.2, 0.25) is 0 Å². The highest BCUT2D eigenvalue weighted by Crippen LogP contribution is 2.33. The van der Waals surface area contributed by atoms with E-state index in [2.05, 4.69) is 39.8 Å². The molecule has 2 N–H and O–H groups in total. The summed E-state index contributed by atoms with van der Waals surface area (Å²) in [5, 5.41) is 5.44. The maximum Gasteiger partial charge on any atom is 0.239 e. The monoisotopic (exact) mass is 317 g/mol. The van der Waals surface area contributed by atoms with Gasteiger partial charge in [0.15, 0.2) is 0 Å². The molecular formula is C18H27N3O2. The average molecular weight is 317 g/mol. The zero-order valence-electron chi connectivity index (χ0n) is 14.1. The summed E-state index contributed by atoms with van der Waals surface area (Å²) in [6.45, 7) is 3.00. The lowest BCUT2D eigenvalue weighted by Crippen LogP contribution is -2.42. The van der Waals surface area contributed by atoms with Crippen molar-refractivity contribution in [2.75, 3.05) is 26.7 Å². The fourth-order valence-corrected chi connectivity index (χ4v) is 3.08. The Morgan fingerprint density at radius 1 is 1.22 bits per heavy atom. The van der Waals surface area contributed by atoms with Crippen LogP contribution in [0.15, 0.2) is 24.3 Å². The summed E-state index contributed by atoms with van der Waals surface area (Å²) in [5.41, 5.74) is 2.71. The highest BCUT2D eigenvalue weighted by Gasteiger charge is 2.24. The summed E-state index contributed by atoms with van der Waals surface area (Å²) in [6.07, 6.45) is 4.22. The van der Waals surface area contributed by atoms with Crippen molar-refractivity contribution < 1.29 is 9.59 Å². The molecule has 0 bridgehead atoms. The molecule has 0 saturated heterocycles. The standard InChI is InChI=1S/C18H27N3O2/c1-3-11-19-17(22)12-20-18(23)13-21(2)16-10-6-8-14-7-4-5-9-15(14)16/h4-5,7,9,16H,3,6,8,10-13H2,1-2H3,(H,19,22)(H,20,23)/t16-/m0/s1. The van der Waals surface area contributed by atoms with E-state index >= 15 is 0 Å². The van der Waals surface area contributed by atoms with Gasteiger partial charge in [-0.3, -0.25) is 14.5 Å². The van der Waals surface area contributed by atoms with Crippen LogP contribution in [0.25, 0.3) is 0 Å². The van der Waals surface area contributed by atoms with Gasteiger partial charge in [-0.2, -0.15) is 0 Å². The minimum Gasteiger partial charge on any atom is -0.355 e. The van der Waals surface area contributed by atoms with Gasteiger partial charge in [-0.25, -0.2) is 0 Å². The molecule has 0 heterocycles. The molecule has 5 heteroatoms. The van der Waals surface area contributed by atoms with Crippen molar-refractivity contribution in [3.63, 3.8) is 0 Å². The third-order valence-corrected chi connectivity index (χ3v) is 4.28. The number of benzene rings is 1. The van der Waals surface area contributed by atoms with Crippen molar-refractivity contribution in [2.45, 2.75) is 38.6 Å². The summed E-state index contributed by atoms with van der Waals surface area (Å²) < 4.78 is 0. The normalized spacial score (nSPS) is 16.7. The lowest BCUT2D eigenvalue weighted by molar-refractivity contribution is -0.126. The van der Waals surface area contributed by atoms with Crippen LogP contribution in [-0.4, -0.2) is 43.4 Å². The first-order chi connectivity index (χ1) is 11.1. The fraction of sp³-hybridized carbons (Fsp3) is 0.556. The zero-order valence-corrected chi connectivity index (χ0v) is 14.1. The molecule has 0 saturated carbocycles. The lowest BCUT2D eigenvalue weighted by atomic mass is 9.87. The molecule has 2 rings (SSSR count). The van der Waals surface area contributed by atoms with Crippen molar-refractivity contribution in [3.05, 3.63) is 35.4 Å². The predicted octanol–water partition coefficient (Wildman–Crippen LogP) is 1.64. The third-order valence-electron chi connectivity index (χ3n) is 4.28. The van der Waals surface area contributed by atoms with E-state index in [0.717, 1.165) is 25.7 Å². The van der Waals surface area contributed by atoms with Crippen LogP contribution in [0.4, 0.5) is 0 Å². The smallest absolute Gasteiger partial charge is 0.239 e. The van der Waals surface area contributed by atoms with E-state index < -0.39 is 0 Å². The van der Waals surface area contributed by atoms with Gasteiger partial charge in [-0.1, -0.05) is 31.2 Å². The topological polar surface area (TPSA) is 61.4 Å². The third kappa shape index (κ3) is 5.06. The van der Waals surface area contributed by atoms with Gasteiger partial charge in [0.1, 0.15) is 0 Å². The van der Waals surface area contributed by atoms with Gasteiger partial charge in [-0.05, 0) is 43.9 Å². The van der Waals surface area contributed by atoms with Crippen LogP contribution in [0, 0.1) is 0 Å². The van der Waals surface area contributed by atoms with Crippen molar-refractivity contribution in [1.29, 1.82) is 0 Å². The van der Waals surface area contributed by atoms with Crippen molar-refractivity contribution in [3.8, 4) is 0 Å². The Labute approximate surface area is 138 Å². The van der Waals surface area contributed by atoms with Crippen molar-refractivity contribution in [1.82, 2.24) is 15.5 Å². The minimum atomic E-state index is -0.133. The van der Waals surface area contributed by atoms with E-state index in [1.54, 1.807) is 0 Å². The van der Waals surface area contributed by atoms with Gasteiger partial charge in [0.2, 0.25) is 11.8 Å². The summed E-state index contributed by atoms with van der Waals surface area (Å²) in [5.74, 6) is -0.243. The molecule has 1 aliphatic carbocycles. The summed E-state index contributed by atoms with van der Waals surface area (Å²) in [4.78, 5) is 25.7. The van der Waals surface area contributed by atoms with Crippen LogP contribution >= 0.6 is 0 Å². The maximum absolute atomic E-state index is 12.1. The van der Waals surface area contributed by atoms with E-state index in [0.29, 0.717) is 13.1 Å². The number of nitrogens with one attached hydrogen (secondary N) is 2. The number of hydrogen-bond acceptors (Lipinski definition) is 3. The second-order valence-electron chi connectivity index (χ2n) is 6.15. The first-order valence-corrected chi connectivity index (χ1v) is 8.43. The van der Waals surface area contributed by atoms with Crippen LogP contribution in [0.5, 0.6) is 0 Å². The van der Waals surface area contributed by atoms with E-state index in [1.807, 2.05) is 14.0 Å². The molecular weight excluding hydrogens is 290 g/mol. The van der Waals surface area contributed by atoms with Crippen molar-refractivity contribution in [2.24, 2.45) is 0 Å². The number of rotatable bonds is 7. The molecule has 0 unspecified atom stereocenters. The Morgan fingerprint density at radius 3 is 2.78 bits per heavy atom. The van der Waals surface area contributed by atoms with Gasteiger partial charge in [0.25, 0.3) is 0 Å². The molecule has 0 aliphatic heterocycles. The van der Waals surface area contributed by atoms with Crippen LogP contribution in [0.1, 0.15) is 43.4 Å². The Bertz CT molecular complexity index is 545. The Kier molecular flexibility index (Phi) is 6.59. The quantitative estimate of drug-likeness (QED) is 0.804. The fourth-order valence-electron chi connectivity index (χ4n) is 3.08. The first-order valence-electron chi connectivity index (χ1n) is 8.43. The average Bonchev–Trinajstić information content (AvgIpc) is 2.57. The number of aryl methyl sites for hydroxylation is 1. The number of amides is 2. The zero-order chi connectivity index (χ0) is 16.7. The van der Waals surface area contributed by atoms with E-state index in [4.69, 9.17) is 0 Å². The molecule has 1 aliphatic rings. The highest BCUT2D eigenvalue weighted by atomic mass is 16.2. The molecule has 1 atom stereocenters. The van der Waals surface area contributed by atoms with E-state index in [-0.39, 0.29) is 24.4 Å². The number of hydrogen-bond donors (Lipinski definition) is 2. The van der Waals surface area contributed by atoms with Crippen LogP contribution in [-0.2, 0) is 16.0 Å².